The summed E-state index contributed by atoms with van der Waals surface area (Å²) in [7, 11) is 1.61. The smallest absolute Gasteiger partial charge is 0.335 e. The number of aromatic carboxylic acids is 1. The Hall–Kier alpha value is -2.76. The molecular formula is C13H11N3O3. The van der Waals surface area contributed by atoms with Gasteiger partial charge in [-0.1, -0.05) is 0 Å². The Kier molecular flexibility index (Phi) is 3.51. The van der Waals surface area contributed by atoms with Gasteiger partial charge in [0.05, 0.1) is 23.5 Å². The minimum Gasteiger partial charge on any atom is -0.478 e. The van der Waals surface area contributed by atoms with E-state index in [1.807, 2.05) is 0 Å². The summed E-state index contributed by atoms with van der Waals surface area (Å²) < 4.78 is 0. The van der Waals surface area contributed by atoms with Crippen LogP contribution in [0.2, 0.25) is 0 Å². The second-order valence-electron chi connectivity index (χ2n) is 3.85. The molecule has 0 aliphatic carbocycles. The summed E-state index contributed by atoms with van der Waals surface area (Å²) in [4.78, 5) is 24.3. The summed E-state index contributed by atoms with van der Waals surface area (Å²) >= 11 is 0. The van der Waals surface area contributed by atoms with Gasteiger partial charge in [-0.25, -0.2) is 4.79 Å². The van der Waals surface area contributed by atoms with Gasteiger partial charge < -0.3 is 10.0 Å². The Morgan fingerprint density at radius 3 is 2.26 bits per heavy atom. The Labute approximate surface area is 109 Å². The lowest BCUT2D eigenvalue weighted by Gasteiger charge is -2.17. The van der Waals surface area contributed by atoms with Crippen molar-refractivity contribution in [2.24, 2.45) is 0 Å². The van der Waals surface area contributed by atoms with Gasteiger partial charge >= 0.3 is 5.97 Å². The fourth-order valence-electron chi connectivity index (χ4n) is 1.56. The number of carboxylic acids is 1. The molecule has 2 aromatic rings. The molecule has 1 aromatic carbocycles. The lowest BCUT2D eigenvalue weighted by atomic mass is 10.2. The number of rotatable bonds is 3. The van der Waals surface area contributed by atoms with Gasteiger partial charge in [0.15, 0.2) is 0 Å². The fraction of sp³-hybridized carbons (Fsp3) is 0.0769. The maximum absolute atomic E-state index is 12.1. The van der Waals surface area contributed by atoms with E-state index in [-0.39, 0.29) is 11.5 Å². The highest BCUT2D eigenvalue weighted by atomic mass is 16.4. The first kappa shape index (κ1) is 12.7. The van der Waals surface area contributed by atoms with Gasteiger partial charge in [-0.15, -0.1) is 0 Å². The van der Waals surface area contributed by atoms with Crippen LogP contribution < -0.4 is 4.90 Å². The lowest BCUT2D eigenvalue weighted by molar-refractivity contribution is 0.0696. The predicted molar refractivity (Wildman–Crippen MR) is 68.2 cm³/mol. The molecule has 0 unspecified atom stereocenters. The fourth-order valence-corrected chi connectivity index (χ4v) is 1.56. The van der Waals surface area contributed by atoms with Gasteiger partial charge in [-0.2, -0.15) is 10.2 Å². The number of hydrogen-bond donors (Lipinski definition) is 1. The molecule has 1 amide bonds. The first-order valence-corrected chi connectivity index (χ1v) is 5.47. The van der Waals surface area contributed by atoms with Gasteiger partial charge in [0.25, 0.3) is 5.91 Å². The molecule has 6 heteroatoms. The van der Waals surface area contributed by atoms with E-state index >= 15 is 0 Å². The summed E-state index contributed by atoms with van der Waals surface area (Å²) in [5, 5.41) is 16.1. The first-order valence-electron chi connectivity index (χ1n) is 5.47. The quantitative estimate of drug-likeness (QED) is 0.899. The Bertz CT molecular complexity index is 596. The monoisotopic (exact) mass is 257 g/mol. The van der Waals surface area contributed by atoms with E-state index in [4.69, 9.17) is 5.11 Å². The van der Waals surface area contributed by atoms with Crippen molar-refractivity contribution >= 4 is 17.6 Å². The van der Waals surface area contributed by atoms with Crippen LogP contribution in [0.5, 0.6) is 0 Å². The highest BCUT2D eigenvalue weighted by molar-refractivity contribution is 6.05. The highest BCUT2D eigenvalue weighted by Crippen LogP contribution is 2.16. The van der Waals surface area contributed by atoms with Crippen molar-refractivity contribution in [2.45, 2.75) is 0 Å². The SMILES string of the molecule is CN(C(=O)c1ccnnc1)c1ccc(C(=O)O)cc1. The van der Waals surface area contributed by atoms with Crippen molar-refractivity contribution in [3.05, 3.63) is 53.9 Å². The Morgan fingerprint density at radius 1 is 1.05 bits per heavy atom. The van der Waals surface area contributed by atoms with Crippen LogP contribution in [-0.2, 0) is 0 Å². The average molecular weight is 257 g/mol. The van der Waals surface area contributed by atoms with E-state index in [1.165, 1.54) is 29.4 Å². The summed E-state index contributed by atoms with van der Waals surface area (Å²) in [5.74, 6) is -1.24. The third-order valence-electron chi connectivity index (χ3n) is 2.64. The lowest BCUT2D eigenvalue weighted by Crippen LogP contribution is -2.26. The van der Waals surface area contributed by atoms with Crippen molar-refractivity contribution in [1.29, 1.82) is 0 Å². The molecule has 0 saturated heterocycles. The third kappa shape index (κ3) is 2.74. The molecule has 1 heterocycles. The molecule has 96 valence electrons. The molecule has 0 saturated carbocycles. The highest BCUT2D eigenvalue weighted by Gasteiger charge is 2.14. The molecule has 0 radical (unpaired) electrons. The summed E-state index contributed by atoms with van der Waals surface area (Å²) in [6.07, 6.45) is 2.82. The van der Waals surface area contributed by atoms with Gasteiger partial charge in [-0.3, -0.25) is 4.79 Å². The van der Waals surface area contributed by atoms with Crippen LogP contribution in [0.25, 0.3) is 0 Å². The minimum atomic E-state index is -1.00. The van der Waals surface area contributed by atoms with Crippen LogP contribution in [0.4, 0.5) is 5.69 Å². The maximum Gasteiger partial charge on any atom is 0.335 e. The number of aromatic nitrogens is 2. The molecule has 0 aliphatic rings. The Morgan fingerprint density at radius 2 is 1.74 bits per heavy atom. The van der Waals surface area contributed by atoms with E-state index in [9.17, 15) is 9.59 Å². The second kappa shape index (κ2) is 5.26. The molecule has 1 N–H and O–H groups in total. The largest absolute Gasteiger partial charge is 0.478 e. The molecule has 19 heavy (non-hydrogen) atoms. The number of nitrogens with zero attached hydrogens (tertiary/aromatic N) is 3. The summed E-state index contributed by atoms with van der Waals surface area (Å²) in [6.45, 7) is 0. The molecule has 2 rings (SSSR count). The molecule has 0 aliphatic heterocycles. The minimum absolute atomic E-state index is 0.176. The number of carboxylic acid groups (broad SMARTS) is 1. The van der Waals surface area contributed by atoms with Crippen LogP contribution in [0.1, 0.15) is 20.7 Å². The number of carbonyl (C=O) groups is 2. The van der Waals surface area contributed by atoms with Crippen LogP contribution in [-0.4, -0.2) is 34.2 Å². The van der Waals surface area contributed by atoms with Crippen LogP contribution in [0.15, 0.2) is 42.7 Å². The number of anilines is 1. The number of hydrogen-bond acceptors (Lipinski definition) is 4. The summed E-state index contributed by atoms with van der Waals surface area (Å²) in [6, 6.07) is 7.63. The van der Waals surface area contributed by atoms with Gasteiger partial charge in [0.2, 0.25) is 0 Å². The number of carbonyl (C=O) groups excluding carboxylic acids is 1. The molecule has 0 atom stereocenters. The van der Waals surface area contributed by atoms with Crippen molar-refractivity contribution in [2.75, 3.05) is 11.9 Å². The molecule has 0 fully saturated rings. The topological polar surface area (TPSA) is 83.4 Å². The second-order valence-corrected chi connectivity index (χ2v) is 3.85. The van der Waals surface area contributed by atoms with E-state index in [2.05, 4.69) is 10.2 Å². The molecule has 0 bridgehead atoms. The standard InChI is InChI=1S/C13H11N3O3/c1-16(12(17)10-6-7-14-15-8-10)11-4-2-9(3-5-11)13(18)19/h2-8H,1H3,(H,18,19). The van der Waals surface area contributed by atoms with Gasteiger partial charge in [0.1, 0.15) is 0 Å². The zero-order valence-electron chi connectivity index (χ0n) is 10.1. The zero-order valence-corrected chi connectivity index (χ0v) is 10.1. The van der Waals surface area contributed by atoms with Crippen LogP contribution in [0, 0.1) is 0 Å². The van der Waals surface area contributed by atoms with E-state index in [0.717, 1.165) is 0 Å². The van der Waals surface area contributed by atoms with Crippen molar-refractivity contribution in [1.82, 2.24) is 10.2 Å². The summed E-state index contributed by atoms with van der Waals surface area (Å²) in [5.41, 5.74) is 1.20. The zero-order chi connectivity index (χ0) is 13.8. The Balaban J connectivity index is 2.22. The van der Waals surface area contributed by atoms with Crippen molar-refractivity contribution in [3.8, 4) is 0 Å². The average Bonchev–Trinajstić information content (AvgIpc) is 2.46. The van der Waals surface area contributed by atoms with Gasteiger partial charge in [0, 0.05) is 12.7 Å². The molecule has 1 aromatic heterocycles. The molecule has 0 spiro atoms. The van der Waals surface area contributed by atoms with E-state index in [0.29, 0.717) is 11.3 Å². The van der Waals surface area contributed by atoms with Crippen LogP contribution in [0.3, 0.4) is 0 Å². The molecule has 6 nitrogen and oxygen atoms in total. The normalized spacial score (nSPS) is 9.95. The van der Waals surface area contributed by atoms with E-state index < -0.39 is 5.97 Å². The van der Waals surface area contributed by atoms with Gasteiger partial charge in [-0.05, 0) is 30.3 Å². The van der Waals surface area contributed by atoms with E-state index in [1.54, 1.807) is 25.2 Å². The third-order valence-corrected chi connectivity index (χ3v) is 2.64. The predicted octanol–water partition coefficient (Wildman–Crippen LogP) is 1.45. The number of amides is 1. The first-order chi connectivity index (χ1) is 9.09. The van der Waals surface area contributed by atoms with Crippen LogP contribution >= 0.6 is 0 Å². The number of benzene rings is 1. The van der Waals surface area contributed by atoms with Crippen molar-refractivity contribution in [3.63, 3.8) is 0 Å². The van der Waals surface area contributed by atoms with Crippen molar-refractivity contribution < 1.29 is 14.7 Å². The maximum atomic E-state index is 12.1. The molecular weight excluding hydrogens is 246 g/mol.